The number of carbonyl (C=O) groups is 2. The van der Waals surface area contributed by atoms with Crippen molar-refractivity contribution in [2.24, 2.45) is 0 Å². The van der Waals surface area contributed by atoms with Crippen molar-refractivity contribution in [1.82, 2.24) is 5.32 Å². The van der Waals surface area contributed by atoms with E-state index in [1.165, 1.54) is 6.08 Å². The number of ether oxygens (including phenoxy) is 2. The Bertz CT molecular complexity index is 637. The lowest BCUT2D eigenvalue weighted by molar-refractivity contribution is -0.143. The van der Waals surface area contributed by atoms with Crippen LogP contribution >= 0.6 is 0 Å². The number of amides is 1. The Kier molecular flexibility index (Phi) is 6.89. The van der Waals surface area contributed by atoms with Crippen molar-refractivity contribution in [1.29, 1.82) is 0 Å². The molecule has 1 N–H and O–H groups in total. The molecule has 1 aromatic rings. The van der Waals surface area contributed by atoms with E-state index >= 15 is 0 Å². The molecule has 10 heteroatoms. The minimum absolute atomic E-state index is 0.163. The predicted molar refractivity (Wildman–Crippen MR) is 75.5 cm³/mol. The maximum Gasteiger partial charge on any atom is 0.422 e. The molecule has 0 aliphatic heterocycles. The molecule has 5 nitrogen and oxygen atoms in total. The van der Waals surface area contributed by atoms with Gasteiger partial charge in [-0.15, -0.1) is 0 Å². The van der Waals surface area contributed by atoms with E-state index in [-0.39, 0.29) is 12.2 Å². The third-order valence-electron chi connectivity index (χ3n) is 2.94. The van der Waals surface area contributed by atoms with Gasteiger partial charge in [-0.25, -0.2) is 18.4 Å². The Morgan fingerprint density at radius 1 is 1.28 bits per heavy atom. The van der Waals surface area contributed by atoms with Crippen LogP contribution in [0, 0.1) is 11.6 Å². The molecule has 0 radical (unpaired) electrons. The number of rotatable bonds is 6. The van der Waals surface area contributed by atoms with Gasteiger partial charge in [-0.2, -0.15) is 13.2 Å². The van der Waals surface area contributed by atoms with Gasteiger partial charge < -0.3 is 14.8 Å². The highest BCUT2D eigenvalue weighted by atomic mass is 19.4. The first-order valence-corrected chi connectivity index (χ1v) is 6.77. The minimum Gasteiger partial charge on any atom is -0.467 e. The van der Waals surface area contributed by atoms with Gasteiger partial charge in [0, 0.05) is 6.42 Å². The lowest BCUT2D eigenvalue weighted by Crippen LogP contribution is -2.43. The molecule has 1 aromatic carbocycles. The predicted octanol–water partition coefficient (Wildman–Crippen LogP) is 2.98. The smallest absolute Gasteiger partial charge is 0.422 e. The van der Waals surface area contributed by atoms with E-state index in [2.05, 4.69) is 21.4 Å². The van der Waals surface area contributed by atoms with Gasteiger partial charge in [-0.05, 0) is 17.7 Å². The first-order valence-electron chi connectivity index (χ1n) is 6.77. The zero-order valence-electron chi connectivity index (χ0n) is 13.0. The van der Waals surface area contributed by atoms with Crippen molar-refractivity contribution in [2.45, 2.75) is 18.6 Å². The summed E-state index contributed by atoms with van der Waals surface area (Å²) in [6.45, 7) is 3.14. The summed E-state index contributed by atoms with van der Waals surface area (Å²) in [4.78, 5) is 23.1. The molecule has 0 saturated carbocycles. The lowest BCUT2D eigenvalue weighted by Gasteiger charge is -2.17. The summed E-state index contributed by atoms with van der Waals surface area (Å²) in [5.41, 5.74) is -2.33. The summed E-state index contributed by atoms with van der Waals surface area (Å²) < 4.78 is 73.8. The molecule has 1 unspecified atom stereocenters. The van der Waals surface area contributed by atoms with Gasteiger partial charge >= 0.3 is 18.2 Å². The molecule has 1 atom stereocenters. The van der Waals surface area contributed by atoms with Crippen molar-refractivity contribution >= 4 is 12.1 Å². The molecule has 1 amide bonds. The van der Waals surface area contributed by atoms with Crippen molar-refractivity contribution < 1.29 is 41.0 Å². The molecule has 1 rings (SSSR count). The molecule has 138 valence electrons. The third kappa shape index (κ3) is 5.73. The summed E-state index contributed by atoms with van der Waals surface area (Å²) in [6, 6.07) is -0.560. The largest absolute Gasteiger partial charge is 0.467 e. The summed E-state index contributed by atoms with van der Waals surface area (Å²) in [5, 5.41) is 2.08. The molecular weight excluding hydrogens is 353 g/mol. The number of hydrogen-bond acceptors (Lipinski definition) is 4. The molecule has 0 aliphatic rings. The molecule has 0 heterocycles. The highest BCUT2D eigenvalue weighted by molar-refractivity contribution is 5.81. The highest BCUT2D eigenvalue weighted by Crippen LogP contribution is 2.34. The summed E-state index contributed by atoms with van der Waals surface area (Å²) >= 11 is 0. The average molecular weight is 367 g/mol. The topological polar surface area (TPSA) is 64.6 Å². The number of nitrogens with one attached hydrogen (secondary N) is 1. The molecule has 0 aliphatic carbocycles. The number of halogens is 5. The second-order valence-electron chi connectivity index (χ2n) is 4.74. The van der Waals surface area contributed by atoms with Crippen LogP contribution in [0.25, 0.3) is 0 Å². The SMILES string of the molecule is C=CCOC(=O)NC(Cc1cc(F)c(C(F)(F)F)c(F)c1)C(=O)OC. The van der Waals surface area contributed by atoms with Crippen LogP contribution in [0.3, 0.4) is 0 Å². The van der Waals surface area contributed by atoms with Gasteiger partial charge in [-0.3, -0.25) is 0 Å². The van der Waals surface area contributed by atoms with Gasteiger partial charge in [0.1, 0.15) is 29.8 Å². The van der Waals surface area contributed by atoms with Crippen molar-refractivity contribution in [3.8, 4) is 0 Å². The van der Waals surface area contributed by atoms with Crippen LogP contribution in [0.1, 0.15) is 11.1 Å². The molecular formula is C15H14F5NO4. The zero-order chi connectivity index (χ0) is 19.2. The number of alkyl carbamates (subject to hydrolysis) is 1. The quantitative estimate of drug-likeness (QED) is 0.477. The van der Waals surface area contributed by atoms with Gasteiger partial charge in [0.25, 0.3) is 0 Å². The van der Waals surface area contributed by atoms with Crippen molar-refractivity contribution in [2.75, 3.05) is 13.7 Å². The van der Waals surface area contributed by atoms with Crippen molar-refractivity contribution in [3.63, 3.8) is 0 Å². The van der Waals surface area contributed by atoms with E-state index in [4.69, 9.17) is 0 Å². The van der Waals surface area contributed by atoms with Crippen LogP contribution in [-0.2, 0) is 26.9 Å². The van der Waals surface area contributed by atoms with Crippen LogP contribution in [0.2, 0.25) is 0 Å². The first kappa shape index (κ1) is 20.4. The molecule has 0 saturated heterocycles. The Balaban J connectivity index is 3.03. The highest BCUT2D eigenvalue weighted by Gasteiger charge is 2.38. The first-order chi connectivity index (χ1) is 11.6. The standard InChI is InChI=1S/C15H14F5NO4/c1-3-4-25-14(23)21-11(13(22)24-2)7-8-5-9(16)12(10(17)6-8)15(18,19)20/h3,5-6,11H,1,4,7H2,2H3,(H,21,23). The van der Waals surface area contributed by atoms with E-state index in [1.54, 1.807) is 0 Å². The van der Waals surface area contributed by atoms with Gasteiger partial charge in [-0.1, -0.05) is 12.7 Å². The van der Waals surface area contributed by atoms with Crippen LogP contribution in [0.4, 0.5) is 26.7 Å². The Hall–Kier alpha value is -2.65. The fourth-order valence-electron chi connectivity index (χ4n) is 1.90. The number of carbonyl (C=O) groups excluding carboxylic acids is 2. The number of alkyl halides is 3. The van der Waals surface area contributed by atoms with Gasteiger partial charge in [0.15, 0.2) is 0 Å². The van der Waals surface area contributed by atoms with Crippen LogP contribution < -0.4 is 5.32 Å². The lowest BCUT2D eigenvalue weighted by atomic mass is 10.0. The van der Waals surface area contributed by atoms with Crippen molar-refractivity contribution in [3.05, 3.63) is 47.5 Å². The van der Waals surface area contributed by atoms with E-state index in [0.717, 1.165) is 7.11 Å². The van der Waals surface area contributed by atoms with Gasteiger partial charge in [0.05, 0.1) is 7.11 Å². The third-order valence-corrected chi connectivity index (χ3v) is 2.94. The molecule has 0 aromatic heterocycles. The molecule has 0 spiro atoms. The van der Waals surface area contributed by atoms with Crippen LogP contribution in [0.5, 0.6) is 0 Å². The second-order valence-corrected chi connectivity index (χ2v) is 4.74. The van der Waals surface area contributed by atoms with Crippen LogP contribution in [-0.4, -0.2) is 31.8 Å². The Morgan fingerprint density at radius 3 is 2.28 bits per heavy atom. The fraction of sp³-hybridized carbons (Fsp3) is 0.333. The molecule has 0 fully saturated rings. The summed E-state index contributed by atoms with van der Waals surface area (Å²) in [6.07, 6.45) is -5.50. The fourth-order valence-corrected chi connectivity index (χ4v) is 1.90. The number of hydrogen-bond donors (Lipinski definition) is 1. The number of methoxy groups -OCH3 is 1. The average Bonchev–Trinajstić information content (AvgIpc) is 2.49. The summed E-state index contributed by atoms with van der Waals surface area (Å²) in [5.74, 6) is -4.64. The Labute approximate surface area is 139 Å². The van der Waals surface area contributed by atoms with E-state index in [0.29, 0.717) is 12.1 Å². The molecule has 0 bridgehead atoms. The second kappa shape index (κ2) is 8.45. The Morgan fingerprint density at radius 2 is 1.84 bits per heavy atom. The van der Waals surface area contributed by atoms with Crippen LogP contribution in [0.15, 0.2) is 24.8 Å². The maximum atomic E-state index is 13.6. The number of esters is 1. The van der Waals surface area contributed by atoms with E-state index < -0.39 is 47.9 Å². The van der Waals surface area contributed by atoms with Gasteiger partial charge in [0.2, 0.25) is 0 Å². The zero-order valence-corrected chi connectivity index (χ0v) is 13.0. The normalized spacial score (nSPS) is 12.2. The molecule has 25 heavy (non-hydrogen) atoms. The summed E-state index contributed by atoms with van der Waals surface area (Å²) in [7, 11) is 1.00. The maximum absolute atomic E-state index is 13.6. The van der Waals surface area contributed by atoms with E-state index in [1.807, 2.05) is 0 Å². The minimum atomic E-state index is -5.21. The van der Waals surface area contributed by atoms with E-state index in [9.17, 15) is 31.5 Å². The number of benzene rings is 1. The monoisotopic (exact) mass is 367 g/mol.